The quantitative estimate of drug-likeness (QED) is 0.535. The van der Waals surface area contributed by atoms with Gasteiger partial charge in [0.05, 0.1) is 4.90 Å². The first-order valence-electron chi connectivity index (χ1n) is 11.1. The van der Waals surface area contributed by atoms with Crippen LogP contribution in [0.5, 0.6) is 0 Å². The highest BCUT2D eigenvalue weighted by Gasteiger charge is 2.20. The van der Waals surface area contributed by atoms with Crippen LogP contribution < -0.4 is 15.4 Å². The van der Waals surface area contributed by atoms with Crippen molar-refractivity contribution in [3.63, 3.8) is 0 Å². The van der Waals surface area contributed by atoms with Crippen molar-refractivity contribution < 1.29 is 13.2 Å². The number of hydrogen-bond acceptors (Lipinski definition) is 5. The summed E-state index contributed by atoms with van der Waals surface area (Å²) in [7, 11) is -3.43. The van der Waals surface area contributed by atoms with E-state index in [9.17, 15) is 13.2 Å². The highest BCUT2D eigenvalue weighted by molar-refractivity contribution is 7.89. The Morgan fingerprint density at radius 2 is 1.72 bits per heavy atom. The first kappa shape index (κ1) is 24.2. The van der Waals surface area contributed by atoms with Crippen LogP contribution >= 0.6 is 0 Å². The second-order valence-electron chi connectivity index (χ2n) is 8.30. The summed E-state index contributed by atoms with van der Waals surface area (Å²) in [4.78, 5) is 19.1. The van der Waals surface area contributed by atoms with Crippen molar-refractivity contribution in [2.24, 2.45) is 5.92 Å². The maximum Gasteiger partial charge on any atom is 0.319 e. The van der Waals surface area contributed by atoms with Crippen molar-refractivity contribution in [1.29, 1.82) is 0 Å². The number of pyridine rings is 1. The number of carbonyl (C=O) groups is 1. The summed E-state index contributed by atoms with van der Waals surface area (Å²) in [6.07, 6.45) is 2.91. The molecule has 0 unspecified atom stereocenters. The molecule has 2 amide bonds. The number of urea groups is 1. The van der Waals surface area contributed by atoms with E-state index in [4.69, 9.17) is 0 Å². The Bertz CT molecular complexity index is 970. The molecule has 32 heavy (non-hydrogen) atoms. The molecule has 3 N–H and O–H groups in total. The van der Waals surface area contributed by atoms with Crippen LogP contribution in [0.3, 0.4) is 0 Å². The average Bonchev–Trinajstić information content (AvgIpc) is 2.74. The van der Waals surface area contributed by atoms with E-state index in [0.717, 1.165) is 56.0 Å². The molecule has 1 aromatic heterocycles. The topological polar surface area (TPSA) is 103 Å². The van der Waals surface area contributed by atoms with Gasteiger partial charge in [0.15, 0.2) is 0 Å². The van der Waals surface area contributed by atoms with Gasteiger partial charge in [-0.15, -0.1) is 0 Å². The minimum absolute atomic E-state index is 0.212. The van der Waals surface area contributed by atoms with E-state index in [-0.39, 0.29) is 6.03 Å². The zero-order chi connectivity index (χ0) is 23.0. The summed E-state index contributed by atoms with van der Waals surface area (Å²) in [6, 6.07) is 11.9. The molecule has 2 aromatic rings. The van der Waals surface area contributed by atoms with E-state index in [1.807, 2.05) is 26.0 Å². The summed E-state index contributed by atoms with van der Waals surface area (Å²) in [5.74, 6) is 0.513. The lowest BCUT2D eigenvalue weighted by atomic mass is 9.94. The number of amides is 2. The number of nitrogens with one attached hydrogen (secondary N) is 3. The third-order valence-electron chi connectivity index (χ3n) is 5.66. The van der Waals surface area contributed by atoms with Gasteiger partial charge in [-0.05, 0) is 76.4 Å². The van der Waals surface area contributed by atoms with Gasteiger partial charge in [-0.1, -0.05) is 18.2 Å². The fourth-order valence-electron chi connectivity index (χ4n) is 3.99. The monoisotopic (exact) mass is 459 g/mol. The number of benzene rings is 1. The Morgan fingerprint density at radius 3 is 2.38 bits per heavy atom. The lowest BCUT2D eigenvalue weighted by Gasteiger charge is -2.32. The lowest BCUT2D eigenvalue weighted by Crippen LogP contribution is -2.41. The van der Waals surface area contributed by atoms with Crippen LogP contribution in [0, 0.1) is 19.8 Å². The molecule has 0 aliphatic carbocycles. The molecule has 0 saturated carbocycles. The highest BCUT2D eigenvalue weighted by atomic mass is 32.2. The summed E-state index contributed by atoms with van der Waals surface area (Å²) in [5.41, 5.74) is 2.49. The second-order valence-corrected chi connectivity index (χ2v) is 10.1. The second kappa shape index (κ2) is 11.4. The largest absolute Gasteiger partial charge is 0.337 e. The molecule has 0 radical (unpaired) electrons. The smallest absolute Gasteiger partial charge is 0.319 e. The Morgan fingerprint density at radius 1 is 1.06 bits per heavy atom. The van der Waals surface area contributed by atoms with Crippen LogP contribution in [0.1, 0.15) is 30.7 Å². The molecule has 1 aliphatic heterocycles. The highest BCUT2D eigenvalue weighted by Crippen LogP contribution is 2.20. The number of hydrogen-bond donors (Lipinski definition) is 3. The van der Waals surface area contributed by atoms with Gasteiger partial charge in [0.25, 0.3) is 0 Å². The van der Waals surface area contributed by atoms with Crippen molar-refractivity contribution in [1.82, 2.24) is 19.9 Å². The molecule has 0 bridgehead atoms. The molecule has 3 rings (SSSR count). The van der Waals surface area contributed by atoms with Crippen molar-refractivity contribution in [2.75, 3.05) is 38.0 Å². The Kier molecular flexibility index (Phi) is 8.60. The molecule has 1 aliphatic rings. The third-order valence-corrected chi connectivity index (χ3v) is 7.14. The maximum absolute atomic E-state index is 12.3. The third kappa shape index (κ3) is 7.58. The van der Waals surface area contributed by atoms with E-state index in [0.29, 0.717) is 23.9 Å². The molecule has 174 valence electrons. The van der Waals surface area contributed by atoms with Crippen LogP contribution in [0.4, 0.5) is 10.5 Å². The standard InChI is InChI=1S/C23H33N5O3S/c1-18-16-21(17-19(2)26-18)27-23(29)24-12-15-28-13-9-20(10-14-28)8-11-25-32(30,31)22-6-4-3-5-7-22/h3-7,16-17,20,25H,8-15H2,1-2H3,(H2,24,26,27,29). The molecule has 2 heterocycles. The summed E-state index contributed by atoms with van der Waals surface area (Å²) < 4.78 is 27.3. The fourth-order valence-corrected chi connectivity index (χ4v) is 5.06. The molecule has 8 nitrogen and oxygen atoms in total. The minimum atomic E-state index is -3.43. The van der Waals surface area contributed by atoms with Crippen LogP contribution in [0.25, 0.3) is 0 Å². The molecule has 9 heteroatoms. The van der Waals surface area contributed by atoms with Crippen LogP contribution in [0.15, 0.2) is 47.4 Å². The van der Waals surface area contributed by atoms with E-state index < -0.39 is 10.0 Å². The molecular weight excluding hydrogens is 426 g/mol. The van der Waals surface area contributed by atoms with Crippen LogP contribution in [-0.2, 0) is 10.0 Å². The number of aryl methyl sites for hydroxylation is 2. The summed E-state index contributed by atoms with van der Waals surface area (Å²) in [6.45, 7) is 7.56. The molecular formula is C23H33N5O3S. The van der Waals surface area contributed by atoms with Crippen molar-refractivity contribution in [3.8, 4) is 0 Å². The van der Waals surface area contributed by atoms with E-state index >= 15 is 0 Å². The molecule has 0 atom stereocenters. The number of aromatic nitrogens is 1. The Balaban J connectivity index is 1.30. The van der Waals surface area contributed by atoms with Gasteiger partial charge >= 0.3 is 6.03 Å². The van der Waals surface area contributed by atoms with Crippen LogP contribution in [-0.4, -0.2) is 57.1 Å². The molecule has 1 aromatic carbocycles. The number of nitrogens with zero attached hydrogens (tertiary/aromatic N) is 2. The summed E-state index contributed by atoms with van der Waals surface area (Å²) in [5, 5.41) is 5.76. The SMILES string of the molecule is Cc1cc(NC(=O)NCCN2CCC(CCNS(=O)(=O)c3ccccc3)CC2)cc(C)n1. The normalized spacial score (nSPS) is 15.4. The Hall–Kier alpha value is -2.49. The van der Waals surface area contributed by atoms with E-state index in [1.54, 1.807) is 30.3 Å². The average molecular weight is 460 g/mol. The van der Waals surface area contributed by atoms with Gasteiger partial charge in [0.2, 0.25) is 10.0 Å². The zero-order valence-corrected chi connectivity index (χ0v) is 19.6. The van der Waals surface area contributed by atoms with Crippen LogP contribution in [0.2, 0.25) is 0 Å². The summed E-state index contributed by atoms with van der Waals surface area (Å²) >= 11 is 0. The minimum Gasteiger partial charge on any atom is -0.337 e. The first-order valence-corrected chi connectivity index (χ1v) is 12.6. The van der Waals surface area contributed by atoms with Gasteiger partial charge in [-0.2, -0.15) is 0 Å². The molecule has 1 fully saturated rings. The number of sulfonamides is 1. The first-order chi connectivity index (χ1) is 15.3. The van der Waals surface area contributed by atoms with Crippen molar-refractivity contribution in [2.45, 2.75) is 38.0 Å². The van der Waals surface area contributed by atoms with E-state index in [2.05, 4.69) is 25.2 Å². The van der Waals surface area contributed by atoms with Crippen molar-refractivity contribution >= 4 is 21.7 Å². The van der Waals surface area contributed by atoms with Gasteiger partial charge in [0, 0.05) is 36.7 Å². The maximum atomic E-state index is 12.3. The van der Waals surface area contributed by atoms with Gasteiger partial charge in [-0.25, -0.2) is 17.9 Å². The lowest BCUT2D eigenvalue weighted by molar-refractivity contribution is 0.180. The van der Waals surface area contributed by atoms with Crippen molar-refractivity contribution in [3.05, 3.63) is 53.9 Å². The van der Waals surface area contributed by atoms with Gasteiger partial charge < -0.3 is 15.5 Å². The number of anilines is 1. The number of piperidine rings is 1. The van der Waals surface area contributed by atoms with Gasteiger partial charge in [-0.3, -0.25) is 4.98 Å². The zero-order valence-electron chi connectivity index (χ0n) is 18.8. The Labute approximate surface area is 190 Å². The number of likely N-dealkylation sites (tertiary alicyclic amines) is 1. The number of carbonyl (C=O) groups excluding carboxylic acids is 1. The predicted molar refractivity (Wildman–Crippen MR) is 126 cm³/mol. The molecule has 1 saturated heterocycles. The number of rotatable bonds is 9. The molecule has 0 spiro atoms. The van der Waals surface area contributed by atoms with E-state index in [1.165, 1.54) is 0 Å². The fraction of sp³-hybridized carbons (Fsp3) is 0.478. The predicted octanol–water partition coefficient (Wildman–Crippen LogP) is 2.90. The van der Waals surface area contributed by atoms with Gasteiger partial charge in [0.1, 0.15) is 0 Å².